The van der Waals surface area contributed by atoms with Crippen LogP contribution in [-0.2, 0) is 10.0 Å². The molecule has 0 spiro atoms. The van der Waals surface area contributed by atoms with Gasteiger partial charge in [-0.3, -0.25) is 4.79 Å². The summed E-state index contributed by atoms with van der Waals surface area (Å²) in [5.74, 6) is -0.0322. The number of likely N-dealkylation sites (tertiary alicyclic amines) is 1. The molecule has 5 nitrogen and oxygen atoms in total. The zero-order valence-corrected chi connectivity index (χ0v) is 13.6. The molecule has 6 heteroatoms. The fraction of sp³-hybridized carbons (Fsp3) is 0.438. The lowest BCUT2D eigenvalue weighted by molar-refractivity contribution is 0.0635. The van der Waals surface area contributed by atoms with Crippen LogP contribution in [0.25, 0.3) is 0 Å². The van der Waals surface area contributed by atoms with Crippen molar-refractivity contribution in [3.8, 4) is 0 Å². The maximum absolute atomic E-state index is 12.5. The third-order valence-electron chi connectivity index (χ3n) is 3.89. The molecule has 2 rings (SSSR count). The van der Waals surface area contributed by atoms with Crippen LogP contribution in [0.4, 0.5) is 0 Å². The minimum absolute atomic E-state index is 0.0322. The van der Waals surface area contributed by atoms with Crippen LogP contribution >= 0.6 is 0 Å². The molecule has 22 heavy (non-hydrogen) atoms. The quantitative estimate of drug-likeness (QED) is 0.845. The average Bonchev–Trinajstić information content (AvgIpc) is 2.53. The van der Waals surface area contributed by atoms with Crippen molar-refractivity contribution in [3.63, 3.8) is 0 Å². The summed E-state index contributed by atoms with van der Waals surface area (Å²) in [6, 6.07) is 6.32. The molecule has 1 fully saturated rings. The standard InChI is InChI=1S/C16H22N2O3S/c1-3-11-17-22(20,21)15-9-7-14(8-10-15)16(19)18-12-5-4-6-13(18)2/h3,7-10,13,17H,1,4-6,11-12H2,2H3/t13-/m0/s1. The first-order valence-corrected chi connectivity index (χ1v) is 8.95. The van der Waals surface area contributed by atoms with Crippen LogP contribution in [0.1, 0.15) is 36.5 Å². The zero-order valence-electron chi connectivity index (χ0n) is 12.8. The highest BCUT2D eigenvalue weighted by Crippen LogP contribution is 2.20. The van der Waals surface area contributed by atoms with Crippen molar-refractivity contribution in [2.75, 3.05) is 13.1 Å². The first-order chi connectivity index (χ1) is 10.5. The largest absolute Gasteiger partial charge is 0.336 e. The van der Waals surface area contributed by atoms with Crippen molar-refractivity contribution in [2.24, 2.45) is 0 Å². The minimum Gasteiger partial charge on any atom is -0.336 e. The molecule has 1 amide bonds. The second-order valence-electron chi connectivity index (χ2n) is 5.51. The number of benzene rings is 1. The Morgan fingerprint density at radius 1 is 1.36 bits per heavy atom. The Morgan fingerprint density at radius 3 is 2.64 bits per heavy atom. The van der Waals surface area contributed by atoms with Gasteiger partial charge in [-0.05, 0) is 50.5 Å². The van der Waals surface area contributed by atoms with E-state index in [1.165, 1.54) is 18.2 Å². The van der Waals surface area contributed by atoms with E-state index in [9.17, 15) is 13.2 Å². The van der Waals surface area contributed by atoms with Crippen molar-refractivity contribution in [2.45, 2.75) is 37.1 Å². The molecule has 0 bridgehead atoms. The second kappa shape index (κ2) is 7.07. The normalized spacial score (nSPS) is 19.0. The van der Waals surface area contributed by atoms with Crippen LogP contribution in [0.5, 0.6) is 0 Å². The third-order valence-corrected chi connectivity index (χ3v) is 5.33. The topological polar surface area (TPSA) is 66.5 Å². The summed E-state index contributed by atoms with van der Waals surface area (Å²) in [5.41, 5.74) is 0.524. The summed E-state index contributed by atoms with van der Waals surface area (Å²) in [4.78, 5) is 14.5. The number of nitrogens with one attached hydrogen (secondary N) is 1. The molecular weight excluding hydrogens is 300 g/mol. The zero-order chi connectivity index (χ0) is 16.2. The van der Waals surface area contributed by atoms with E-state index in [2.05, 4.69) is 18.2 Å². The van der Waals surface area contributed by atoms with Crippen molar-refractivity contribution in [1.82, 2.24) is 9.62 Å². The number of nitrogens with zero attached hydrogens (tertiary/aromatic N) is 1. The summed E-state index contributed by atoms with van der Waals surface area (Å²) >= 11 is 0. The van der Waals surface area contributed by atoms with Crippen LogP contribution in [0, 0.1) is 0 Å². The molecule has 1 saturated heterocycles. The third kappa shape index (κ3) is 3.75. The van der Waals surface area contributed by atoms with Gasteiger partial charge in [0.2, 0.25) is 10.0 Å². The molecule has 1 heterocycles. The smallest absolute Gasteiger partial charge is 0.254 e. The Morgan fingerprint density at radius 2 is 2.05 bits per heavy atom. The molecule has 120 valence electrons. The number of carbonyl (C=O) groups excluding carboxylic acids is 1. The fourth-order valence-electron chi connectivity index (χ4n) is 2.59. The van der Waals surface area contributed by atoms with Crippen molar-refractivity contribution >= 4 is 15.9 Å². The van der Waals surface area contributed by atoms with Crippen molar-refractivity contribution < 1.29 is 13.2 Å². The summed E-state index contributed by atoms with van der Waals surface area (Å²) in [6.07, 6.45) is 4.67. The summed E-state index contributed by atoms with van der Waals surface area (Å²) in [6.45, 7) is 6.47. The minimum atomic E-state index is -3.55. The molecule has 1 aliphatic heterocycles. The van der Waals surface area contributed by atoms with E-state index in [1.54, 1.807) is 12.1 Å². The molecule has 1 N–H and O–H groups in total. The Bertz CT molecular complexity index is 638. The van der Waals surface area contributed by atoms with Gasteiger partial charge >= 0.3 is 0 Å². The Balaban J connectivity index is 2.14. The maximum Gasteiger partial charge on any atom is 0.254 e. The van der Waals surface area contributed by atoms with Gasteiger partial charge in [-0.1, -0.05) is 6.08 Å². The average molecular weight is 322 g/mol. The molecule has 0 aliphatic carbocycles. The Hall–Kier alpha value is -1.66. The summed E-state index contributed by atoms with van der Waals surface area (Å²) in [5, 5.41) is 0. The lowest BCUT2D eigenvalue weighted by Crippen LogP contribution is -2.42. The Kier molecular flexibility index (Phi) is 5.37. The van der Waals surface area contributed by atoms with Crippen molar-refractivity contribution in [3.05, 3.63) is 42.5 Å². The van der Waals surface area contributed by atoms with Gasteiger partial charge in [0.15, 0.2) is 0 Å². The molecule has 1 atom stereocenters. The highest BCUT2D eigenvalue weighted by atomic mass is 32.2. The molecule has 1 aromatic carbocycles. The van der Waals surface area contributed by atoms with E-state index in [-0.39, 0.29) is 23.4 Å². The van der Waals surface area contributed by atoms with Crippen LogP contribution in [0.15, 0.2) is 41.8 Å². The van der Waals surface area contributed by atoms with Gasteiger partial charge in [0.05, 0.1) is 4.90 Å². The lowest BCUT2D eigenvalue weighted by Gasteiger charge is -2.33. The van der Waals surface area contributed by atoms with Gasteiger partial charge in [0.1, 0.15) is 0 Å². The molecule has 1 aliphatic rings. The van der Waals surface area contributed by atoms with Crippen molar-refractivity contribution in [1.29, 1.82) is 0 Å². The van der Waals surface area contributed by atoms with Gasteiger partial charge < -0.3 is 4.90 Å². The molecule has 0 aromatic heterocycles. The maximum atomic E-state index is 12.5. The molecule has 0 saturated carbocycles. The van der Waals surface area contributed by atoms with Gasteiger partial charge in [-0.15, -0.1) is 6.58 Å². The monoisotopic (exact) mass is 322 g/mol. The second-order valence-corrected chi connectivity index (χ2v) is 7.28. The number of sulfonamides is 1. The number of hydrogen-bond acceptors (Lipinski definition) is 3. The van der Waals surface area contributed by atoms with Crippen LogP contribution < -0.4 is 4.72 Å². The molecule has 1 aromatic rings. The predicted octanol–water partition coefficient (Wildman–Crippen LogP) is 2.17. The van der Waals surface area contributed by atoms with E-state index in [0.717, 1.165) is 25.8 Å². The highest BCUT2D eigenvalue weighted by Gasteiger charge is 2.24. The van der Waals surface area contributed by atoms with Crippen LogP contribution in [0.3, 0.4) is 0 Å². The first kappa shape index (κ1) is 16.7. The van der Waals surface area contributed by atoms with E-state index in [0.29, 0.717) is 5.56 Å². The van der Waals surface area contributed by atoms with Gasteiger partial charge in [-0.25, -0.2) is 13.1 Å². The van der Waals surface area contributed by atoms with Gasteiger partial charge in [0, 0.05) is 24.7 Å². The number of piperidine rings is 1. The predicted molar refractivity (Wildman–Crippen MR) is 86.2 cm³/mol. The lowest BCUT2D eigenvalue weighted by atomic mass is 10.0. The summed E-state index contributed by atoms with van der Waals surface area (Å²) < 4.78 is 26.3. The van der Waals surface area contributed by atoms with E-state index >= 15 is 0 Å². The number of amides is 1. The number of rotatable bonds is 5. The van der Waals surface area contributed by atoms with E-state index in [1.807, 2.05) is 4.90 Å². The molecule has 0 radical (unpaired) electrons. The number of hydrogen-bond donors (Lipinski definition) is 1. The Labute approximate surface area is 132 Å². The van der Waals surface area contributed by atoms with Crippen LogP contribution in [0.2, 0.25) is 0 Å². The first-order valence-electron chi connectivity index (χ1n) is 7.47. The highest BCUT2D eigenvalue weighted by molar-refractivity contribution is 7.89. The number of carbonyl (C=O) groups is 1. The molecule has 0 unspecified atom stereocenters. The van der Waals surface area contributed by atoms with Gasteiger partial charge in [-0.2, -0.15) is 0 Å². The molecular formula is C16H22N2O3S. The van der Waals surface area contributed by atoms with E-state index < -0.39 is 10.0 Å². The van der Waals surface area contributed by atoms with Gasteiger partial charge in [0.25, 0.3) is 5.91 Å². The van der Waals surface area contributed by atoms with E-state index in [4.69, 9.17) is 0 Å². The van der Waals surface area contributed by atoms with Crippen LogP contribution in [-0.4, -0.2) is 38.4 Å². The summed E-state index contributed by atoms with van der Waals surface area (Å²) in [7, 11) is -3.55. The fourth-order valence-corrected chi connectivity index (χ4v) is 3.59. The SMILES string of the molecule is C=CCNS(=O)(=O)c1ccc(C(=O)N2CCCC[C@@H]2C)cc1.